The Morgan fingerprint density at radius 1 is 0.837 bits per heavy atom. The van der Waals surface area contributed by atoms with Crippen LogP contribution in [-0.2, 0) is 30.3 Å². The van der Waals surface area contributed by atoms with E-state index < -0.39 is 29.8 Å². The lowest BCUT2D eigenvalue weighted by atomic mass is 9.97. The zero-order chi connectivity index (χ0) is 34.2. The number of rotatable bonds is 10. The number of morpholine rings is 1. The van der Waals surface area contributed by atoms with Crippen LogP contribution in [0.15, 0.2) is 97.1 Å². The van der Waals surface area contributed by atoms with Gasteiger partial charge in [0.05, 0.1) is 26.7 Å². The molecule has 8 heteroatoms. The van der Waals surface area contributed by atoms with Crippen molar-refractivity contribution in [1.29, 1.82) is 0 Å². The number of nitrogens with zero attached hydrogens (tertiary/aromatic N) is 1. The molecule has 8 nitrogen and oxygen atoms in total. The smallest absolute Gasteiger partial charge is 0.328 e. The fourth-order valence-corrected chi connectivity index (χ4v) is 6.40. The number of hydrogen-bond acceptors (Lipinski definition) is 7. The van der Waals surface area contributed by atoms with Crippen LogP contribution in [0.25, 0.3) is 11.1 Å². The van der Waals surface area contributed by atoms with Gasteiger partial charge in [0.2, 0.25) is 0 Å². The number of benzene rings is 4. The minimum atomic E-state index is -1.04. The molecule has 4 aromatic carbocycles. The summed E-state index contributed by atoms with van der Waals surface area (Å²) in [5.74, 6) is 4.14. The van der Waals surface area contributed by atoms with Gasteiger partial charge in [-0.15, -0.1) is 0 Å². The van der Waals surface area contributed by atoms with Gasteiger partial charge in [-0.05, 0) is 70.1 Å². The fraction of sp³-hybridized carbons (Fsp3) is 0.293. The fourth-order valence-electron chi connectivity index (χ4n) is 6.40. The quantitative estimate of drug-likeness (QED) is 0.176. The number of amides is 1. The third-order valence-corrected chi connectivity index (χ3v) is 9.14. The average Bonchev–Trinajstić information content (AvgIpc) is 3.46. The van der Waals surface area contributed by atoms with Crippen LogP contribution >= 0.6 is 0 Å². The van der Waals surface area contributed by atoms with Crippen LogP contribution < -0.4 is 5.32 Å². The van der Waals surface area contributed by atoms with Gasteiger partial charge in [-0.3, -0.25) is 14.5 Å². The zero-order valence-corrected chi connectivity index (χ0v) is 27.8. The highest BCUT2D eigenvalue weighted by molar-refractivity contribution is 5.97. The summed E-state index contributed by atoms with van der Waals surface area (Å²) in [6, 6.07) is 30.3. The molecule has 49 heavy (non-hydrogen) atoms. The maximum Gasteiger partial charge on any atom is 0.328 e. The summed E-state index contributed by atoms with van der Waals surface area (Å²) in [6.07, 6.45) is -0.0707. The highest BCUT2D eigenvalue weighted by atomic mass is 16.5. The summed E-state index contributed by atoms with van der Waals surface area (Å²) in [5.41, 5.74) is 7.78. The molecule has 4 aromatic rings. The van der Waals surface area contributed by atoms with Crippen LogP contribution in [0.4, 0.5) is 0 Å². The van der Waals surface area contributed by atoms with Crippen LogP contribution in [0, 0.1) is 17.8 Å². The van der Waals surface area contributed by atoms with Gasteiger partial charge in [-0.2, -0.15) is 0 Å². The Labute approximate surface area is 287 Å². The second kappa shape index (κ2) is 15.8. The number of hydrogen-bond donors (Lipinski definition) is 1. The molecule has 1 heterocycles. The van der Waals surface area contributed by atoms with Gasteiger partial charge >= 0.3 is 11.9 Å². The minimum Gasteiger partial charge on any atom is -0.467 e. The molecule has 0 saturated carbocycles. The van der Waals surface area contributed by atoms with Crippen LogP contribution in [-0.4, -0.2) is 68.8 Å². The lowest BCUT2D eigenvalue weighted by molar-refractivity contribution is -0.147. The first-order valence-electron chi connectivity index (χ1n) is 16.6. The van der Waals surface area contributed by atoms with E-state index in [0.29, 0.717) is 5.56 Å². The number of nitrogens with one attached hydrogen (secondary N) is 1. The number of methoxy groups -OCH3 is 1. The van der Waals surface area contributed by atoms with Gasteiger partial charge < -0.3 is 19.5 Å². The van der Waals surface area contributed by atoms with Crippen LogP contribution in [0.2, 0.25) is 0 Å². The van der Waals surface area contributed by atoms with E-state index >= 15 is 0 Å². The Kier molecular flexibility index (Phi) is 10.8. The van der Waals surface area contributed by atoms with Crippen LogP contribution in [0.3, 0.4) is 0 Å². The van der Waals surface area contributed by atoms with Crippen molar-refractivity contribution in [3.05, 3.63) is 130 Å². The Morgan fingerprint density at radius 2 is 1.41 bits per heavy atom. The molecular formula is C41H40N2O6. The van der Waals surface area contributed by atoms with Crippen molar-refractivity contribution in [2.24, 2.45) is 5.92 Å². The predicted octanol–water partition coefficient (Wildman–Crippen LogP) is 5.57. The molecule has 0 radical (unpaired) electrons. The molecule has 2 aliphatic rings. The normalized spacial score (nSPS) is 15.1. The minimum absolute atomic E-state index is 0.0680. The molecule has 1 fully saturated rings. The van der Waals surface area contributed by atoms with Crippen molar-refractivity contribution in [3.8, 4) is 23.0 Å². The average molecular weight is 657 g/mol. The maximum atomic E-state index is 13.2. The Hall–Kier alpha value is -5.23. The van der Waals surface area contributed by atoms with Gasteiger partial charge in [0.1, 0.15) is 12.6 Å². The SMILES string of the molecule is COC(=O)[C@@H](NC(=O)c1ccc(C#Cc2ccc(CN3CCOCC3)cc2)cc1)[C@@H](C)CC(=O)OCC1c2ccccc2-c2ccccc21. The van der Waals surface area contributed by atoms with Gasteiger partial charge in [-0.1, -0.05) is 79.4 Å². The summed E-state index contributed by atoms with van der Waals surface area (Å²) in [7, 11) is 1.26. The van der Waals surface area contributed by atoms with Crippen molar-refractivity contribution < 1.29 is 28.6 Å². The highest BCUT2D eigenvalue weighted by Gasteiger charge is 2.32. The number of fused-ring (bicyclic) bond motifs is 3. The second-order valence-electron chi connectivity index (χ2n) is 12.5. The number of carbonyl (C=O) groups is 3. The maximum absolute atomic E-state index is 13.2. The molecule has 1 saturated heterocycles. The molecule has 1 amide bonds. The van der Waals surface area contributed by atoms with E-state index in [2.05, 4.69) is 58.5 Å². The Morgan fingerprint density at radius 3 is 2.00 bits per heavy atom. The van der Waals surface area contributed by atoms with Gasteiger partial charge in [0, 0.05) is 42.2 Å². The van der Waals surface area contributed by atoms with Crippen molar-refractivity contribution in [1.82, 2.24) is 10.2 Å². The Balaban J connectivity index is 1.03. The second-order valence-corrected chi connectivity index (χ2v) is 12.5. The highest BCUT2D eigenvalue weighted by Crippen LogP contribution is 2.44. The van der Waals surface area contributed by atoms with E-state index in [-0.39, 0.29) is 18.9 Å². The molecule has 250 valence electrons. The zero-order valence-electron chi connectivity index (χ0n) is 27.8. The third kappa shape index (κ3) is 8.26. The standard InChI is InChI=1S/C41H40N2O6/c1-28(25-38(44)49-27-37-35-9-5-3-7-33(35)34-8-4-6-10-36(34)37)39(41(46)47-2)42-40(45)32-19-17-30(18-20-32)12-11-29-13-15-31(16-14-29)26-43-21-23-48-24-22-43/h3-10,13-20,28,37,39H,21-27H2,1-2H3,(H,42,45)/t28-,39-/m0/s1. The van der Waals surface area contributed by atoms with Gasteiger partial charge in [0.25, 0.3) is 5.91 Å². The van der Waals surface area contributed by atoms with Crippen LogP contribution in [0.1, 0.15) is 57.4 Å². The van der Waals surface area contributed by atoms with E-state index in [9.17, 15) is 14.4 Å². The summed E-state index contributed by atoms with van der Waals surface area (Å²) >= 11 is 0. The number of carbonyl (C=O) groups excluding carboxylic acids is 3. The van der Waals surface area contributed by atoms with Crippen molar-refractivity contribution in [2.45, 2.75) is 31.8 Å². The molecule has 2 atom stereocenters. The number of esters is 2. The summed E-state index contributed by atoms with van der Waals surface area (Å²) in [4.78, 5) is 41.3. The molecule has 0 aromatic heterocycles. The van der Waals surface area contributed by atoms with E-state index in [1.165, 1.54) is 12.7 Å². The first-order valence-corrected chi connectivity index (χ1v) is 16.6. The topological polar surface area (TPSA) is 94.2 Å². The van der Waals surface area contributed by atoms with Gasteiger partial charge in [0.15, 0.2) is 0 Å². The third-order valence-electron chi connectivity index (χ3n) is 9.14. The lowest BCUT2D eigenvalue weighted by Gasteiger charge is -2.26. The largest absolute Gasteiger partial charge is 0.467 e. The van der Waals surface area contributed by atoms with Gasteiger partial charge in [-0.25, -0.2) is 4.79 Å². The molecule has 1 aliphatic heterocycles. The predicted molar refractivity (Wildman–Crippen MR) is 187 cm³/mol. The molecular weight excluding hydrogens is 616 g/mol. The van der Waals surface area contributed by atoms with Crippen LogP contribution in [0.5, 0.6) is 0 Å². The number of ether oxygens (including phenoxy) is 3. The molecule has 0 bridgehead atoms. The lowest BCUT2D eigenvalue weighted by Crippen LogP contribution is -2.46. The Bertz CT molecular complexity index is 1810. The first kappa shape index (κ1) is 33.7. The molecule has 0 spiro atoms. The molecule has 1 aliphatic carbocycles. The summed E-state index contributed by atoms with van der Waals surface area (Å²) in [6.45, 7) is 6.24. The van der Waals surface area contributed by atoms with Crippen molar-refractivity contribution >= 4 is 17.8 Å². The van der Waals surface area contributed by atoms with E-state index in [1.54, 1.807) is 31.2 Å². The first-order chi connectivity index (χ1) is 23.9. The van der Waals surface area contributed by atoms with E-state index in [0.717, 1.165) is 66.2 Å². The monoisotopic (exact) mass is 656 g/mol. The molecule has 6 rings (SSSR count). The van der Waals surface area contributed by atoms with E-state index in [4.69, 9.17) is 14.2 Å². The molecule has 1 N–H and O–H groups in total. The summed E-state index contributed by atoms with van der Waals surface area (Å²) in [5, 5.41) is 2.76. The van der Waals surface area contributed by atoms with Crippen molar-refractivity contribution in [3.63, 3.8) is 0 Å². The molecule has 0 unspecified atom stereocenters. The summed E-state index contributed by atoms with van der Waals surface area (Å²) < 4.78 is 16.1. The van der Waals surface area contributed by atoms with Crippen molar-refractivity contribution in [2.75, 3.05) is 40.0 Å². The van der Waals surface area contributed by atoms with E-state index in [1.807, 2.05) is 36.4 Å².